The Morgan fingerprint density at radius 2 is 1.74 bits per heavy atom. The molecule has 0 spiro atoms. The topological polar surface area (TPSA) is 46.2 Å². The van der Waals surface area contributed by atoms with E-state index in [9.17, 15) is 9.00 Å². The largest absolute Gasteiger partial charge is 0.326 e. The van der Waals surface area contributed by atoms with Crippen molar-refractivity contribution in [2.24, 2.45) is 5.92 Å². The van der Waals surface area contributed by atoms with Crippen LogP contribution in [0.3, 0.4) is 0 Å². The molecule has 2 aliphatic rings. The van der Waals surface area contributed by atoms with E-state index in [0.717, 1.165) is 36.9 Å². The summed E-state index contributed by atoms with van der Waals surface area (Å²) < 4.78 is 12.5. The summed E-state index contributed by atoms with van der Waals surface area (Å²) in [6.45, 7) is 0. The monoisotopic (exact) mass is 333 g/mol. The van der Waals surface area contributed by atoms with E-state index >= 15 is 0 Å². The molecule has 2 saturated carbocycles. The smallest absolute Gasteiger partial charge is 0.227 e. The number of carbonyl (C=O) groups is 1. The summed E-state index contributed by atoms with van der Waals surface area (Å²) in [5.41, 5.74) is 1.91. The van der Waals surface area contributed by atoms with Crippen LogP contribution in [0.2, 0.25) is 0 Å². The van der Waals surface area contributed by atoms with Crippen molar-refractivity contribution < 1.29 is 9.00 Å². The molecule has 1 N–H and O–H groups in total. The molecular weight excluding hydrogens is 306 g/mol. The summed E-state index contributed by atoms with van der Waals surface area (Å²) in [4.78, 5) is 12.2. The minimum atomic E-state index is -0.793. The molecule has 2 fully saturated rings. The molecule has 23 heavy (non-hydrogen) atoms. The maximum atomic E-state index is 12.5. The fourth-order valence-electron chi connectivity index (χ4n) is 3.78. The predicted molar refractivity (Wildman–Crippen MR) is 95.7 cm³/mol. The van der Waals surface area contributed by atoms with E-state index in [1.807, 2.05) is 24.3 Å². The number of benzene rings is 1. The van der Waals surface area contributed by atoms with Gasteiger partial charge in [-0.15, -0.1) is 0 Å². The minimum absolute atomic E-state index is 0.146. The average molecular weight is 333 g/mol. The number of hydrogen-bond acceptors (Lipinski definition) is 2. The second-order valence-electron chi connectivity index (χ2n) is 6.96. The highest BCUT2D eigenvalue weighted by molar-refractivity contribution is 7.84. The van der Waals surface area contributed by atoms with Crippen LogP contribution >= 0.6 is 0 Å². The van der Waals surface area contributed by atoms with Crippen molar-refractivity contribution in [1.29, 1.82) is 0 Å². The molecule has 3 rings (SSSR count). The van der Waals surface area contributed by atoms with E-state index < -0.39 is 10.8 Å². The lowest BCUT2D eigenvalue weighted by Crippen LogP contribution is -2.21. The summed E-state index contributed by atoms with van der Waals surface area (Å²) in [5.74, 6) is 0.931. The van der Waals surface area contributed by atoms with E-state index in [-0.39, 0.29) is 11.8 Å². The van der Waals surface area contributed by atoms with Gasteiger partial charge in [-0.2, -0.15) is 0 Å². The molecule has 1 atom stereocenters. The quantitative estimate of drug-likeness (QED) is 0.868. The number of hydrogen-bond donors (Lipinski definition) is 1. The van der Waals surface area contributed by atoms with Crippen LogP contribution in [-0.2, 0) is 21.3 Å². The molecule has 0 radical (unpaired) electrons. The SMILES string of the molecule is O=C(Nc1cccc(C[S@@](=O)C2CCCCC2)c1)C1CCCC1. The predicted octanol–water partition coefficient (Wildman–Crippen LogP) is 4.40. The number of nitrogens with one attached hydrogen (secondary N) is 1. The van der Waals surface area contributed by atoms with Gasteiger partial charge in [0, 0.05) is 33.4 Å². The number of anilines is 1. The van der Waals surface area contributed by atoms with Crippen LogP contribution in [0.25, 0.3) is 0 Å². The van der Waals surface area contributed by atoms with Crippen LogP contribution in [0.4, 0.5) is 5.69 Å². The molecule has 2 aliphatic carbocycles. The zero-order valence-corrected chi connectivity index (χ0v) is 14.6. The third kappa shape index (κ3) is 4.66. The Bertz CT molecular complexity index is 560. The van der Waals surface area contributed by atoms with Gasteiger partial charge in [0.25, 0.3) is 0 Å². The van der Waals surface area contributed by atoms with Crippen molar-refractivity contribution in [2.75, 3.05) is 5.32 Å². The van der Waals surface area contributed by atoms with Gasteiger partial charge in [-0.1, -0.05) is 44.2 Å². The molecule has 126 valence electrons. The first-order chi connectivity index (χ1) is 11.2. The number of carbonyl (C=O) groups excluding carboxylic acids is 1. The maximum Gasteiger partial charge on any atom is 0.227 e. The first kappa shape index (κ1) is 16.7. The van der Waals surface area contributed by atoms with E-state index in [4.69, 9.17) is 0 Å². The summed E-state index contributed by atoms with van der Waals surface area (Å²) in [6, 6.07) is 7.90. The van der Waals surface area contributed by atoms with Gasteiger partial charge in [-0.3, -0.25) is 9.00 Å². The fourth-order valence-corrected chi connectivity index (χ4v) is 5.38. The molecular formula is C19H27NO2S. The van der Waals surface area contributed by atoms with E-state index in [0.29, 0.717) is 11.0 Å². The van der Waals surface area contributed by atoms with Gasteiger partial charge in [0.05, 0.1) is 0 Å². The van der Waals surface area contributed by atoms with Crippen LogP contribution in [0.1, 0.15) is 63.4 Å². The third-order valence-corrected chi connectivity index (χ3v) is 6.99. The van der Waals surface area contributed by atoms with E-state index in [1.165, 1.54) is 32.1 Å². The Morgan fingerprint density at radius 1 is 1.04 bits per heavy atom. The molecule has 0 heterocycles. The first-order valence-electron chi connectivity index (χ1n) is 8.99. The minimum Gasteiger partial charge on any atom is -0.326 e. The van der Waals surface area contributed by atoms with Gasteiger partial charge in [0.15, 0.2) is 0 Å². The van der Waals surface area contributed by atoms with Crippen LogP contribution in [-0.4, -0.2) is 15.4 Å². The fraction of sp³-hybridized carbons (Fsp3) is 0.632. The molecule has 0 bridgehead atoms. The molecule has 1 aromatic carbocycles. The Morgan fingerprint density at radius 3 is 2.48 bits per heavy atom. The Balaban J connectivity index is 1.58. The molecule has 0 saturated heterocycles. The first-order valence-corrected chi connectivity index (χ1v) is 10.4. The lowest BCUT2D eigenvalue weighted by atomic mass is 10.0. The second-order valence-corrected chi connectivity index (χ2v) is 8.67. The van der Waals surface area contributed by atoms with Crippen LogP contribution in [0.5, 0.6) is 0 Å². The number of rotatable bonds is 5. The van der Waals surface area contributed by atoms with Crippen LogP contribution in [0.15, 0.2) is 24.3 Å². The summed E-state index contributed by atoms with van der Waals surface area (Å²) in [6.07, 6.45) is 10.3. The third-order valence-electron chi connectivity index (χ3n) is 5.15. The Kier molecular flexibility index (Phi) is 5.87. The summed E-state index contributed by atoms with van der Waals surface area (Å²) in [5, 5.41) is 3.40. The Hall–Kier alpha value is -1.16. The molecule has 0 aromatic heterocycles. The zero-order chi connectivity index (χ0) is 16.1. The standard InChI is InChI=1S/C19H27NO2S/c21-19(16-8-4-5-9-16)20-17-10-6-7-15(13-17)14-23(22)18-11-2-1-3-12-18/h6-7,10,13,16,18H,1-5,8-9,11-12,14H2,(H,20,21)/t23-/m1/s1. The molecule has 1 amide bonds. The average Bonchev–Trinajstić information content (AvgIpc) is 3.10. The summed E-state index contributed by atoms with van der Waals surface area (Å²) in [7, 11) is -0.793. The number of amides is 1. The van der Waals surface area contributed by atoms with Gasteiger partial charge >= 0.3 is 0 Å². The van der Waals surface area contributed by atoms with Gasteiger partial charge in [0.2, 0.25) is 5.91 Å². The van der Waals surface area contributed by atoms with Crippen molar-refractivity contribution in [3.8, 4) is 0 Å². The van der Waals surface area contributed by atoms with E-state index in [1.54, 1.807) is 0 Å². The van der Waals surface area contributed by atoms with Gasteiger partial charge in [-0.05, 0) is 43.4 Å². The van der Waals surface area contributed by atoms with Crippen molar-refractivity contribution in [1.82, 2.24) is 0 Å². The van der Waals surface area contributed by atoms with Gasteiger partial charge in [-0.25, -0.2) is 0 Å². The molecule has 4 heteroatoms. The van der Waals surface area contributed by atoms with Gasteiger partial charge in [0.1, 0.15) is 0 Å². The van der Waals surface area contributed by atoms with Gasteiger partial charge < -0.3 is 5.32 Å². The highest BCUT2D eigenvalue weighted by atomic mass is 32.2. The van der Waals surface area contributed by atoms with Crippen molar-refractivity contribution in [2.45, 2.75) is 68.8 Å². The highest BCUT2D eigenvalue weighted by Gasteiger charge is 2.23. The molecule has 0 aliphatic heterocycles. The normalized spacial score (nSPS) is 21.2. The highest BCUT2D eigenvalue weighted by Crippen LogP contribution is 2.27. The molecule has 0 unspecified atom stereocenters. The zero-order valence-electron chi connectivity index (χ0n) is 13.8. The Labute approximate surface area is 141 Å². The maximum absolute atomic E-state index is 12.5. The van der Waals surface area contributed by atoms with Crippen molar-refractivity contribution >= 4 is 22.4 Å². The summed E-state index contributed by atoms with van der Waals surface area (Å²) >= 11 is 0. The molecule has 3 nitrogen and oxygen atoms in total. The lowest BCUT2D eigenvalue weighted by molar-refractivity contribution is -0.119. The molecule has 1 aromatic rings. The lowest BCUT2D eigenvalue weighted by Gasteiger charge is -2.21. The van der Waals surface area contributed by atoms with Crippen molar-refractivity contribution in [3.63, 3.8) is 0 Å². The van der Waals surface area contributed by atoms with E-state index in [2.05, 4.69) is 5.32 Å². The van der Waals surface area contributed by atoms with Crippen LogP contribution < -0.4 is 5.32 Å². The van der Waals surface area contributed by atoms with Crippen molar-refractivity contribution in [3.05, 3.63) is 29.8 Å². The second kappa shape index (κ2) is 8.09. The van der Waals surface area contributed by atoms with Crippen LogP contribution in [0, 0.1) is 5.92 Å².